The molecule has 0 aliphatic heterocycles. The number of carbonyl (C=O) groups is 1. The molecule has 9 heteroatoms. The highest BCUT2D eigenvalue weighted by Gasteiger charge is 2.16. The van der Waals surface area contributed by atoms with E-state index in [4.69, 9.17) is 5.14 Å². The number of rotatable bonds is 8. The van der Waals surface area contributed by atoms with Gasteiger partial charge < -0.3 is 10.2 Å². The molecule has 0 unspecified atom stereocenters. The lowest BCUT2D eigenvalue weighted by Crippen LogP contribution is -2.25. The maximum atomic E-state index is 13.7. The third-order valence-corrected chi connectivity index (χ3v) is 5.83. The average molecular weight is 412 g/mol. The zero-order chi connectivity index (χ0) is 20.0. The van der Waals surface area contributed by atoms with Crippen LogP contribution in [0.15, 0.2) is 52.3 Å². The number of hydrogen-bond donors (Lipinski definition) is 2. The van der Waals surface area contributed by atoms with Gasteiger partial charge in [0.05, 0.1) is 22.0 Å². The maximum Gasteiger partial charge on any atom is 0.238 e. The van der Waals surface area contributed by atoms with Gasteiger partial charge in [-0.15, -0.1) is 11.8 Å². The zero-order valence-corrected chi connectivity index (χ0v) is 16.7. The zero-order valence-electron chi connectivity index (χ0n) is 15.1. The third-order valence-electron chi connectivity index (χ3n) is 3.87. The molecule has 2 aromatic carbocycles. The van der Waals surface area contributed by atoms with Gasteiger partial charge in [-0.05, 0) is 44.2 Å². The third kappa shape index (κ3) is 5.69. The summed E-state index contributed by atoms with van der Waals surface area (Å²) in [7, 11) is -3.90. The number of thioether (sulfide) groups is 1. The highest BCUT2D eigenvalue weighted by molar-refractivity contribution is 8.00. The Kier molecular flexibility index (Phi) is 7.23. The first kappa shape index (κ1) is 21.2. The van der Waals surface area contributed by atoms with Gasteiger partial charge in [0.1, 0.15) is 5.82 Å². The second-order valence-electron chi connectivity index (χ2n) is 5.66. The molecule has 2 aromatic rings. The molecule has 0 aromatic heterocycles. The molecule has 0 aliphatic carbocycles. The fourth-order valence-corrected chi connectivity index (χ4v) is 3.80. The van der Waals surface area contributed by atoms with Crippen molar-refractivity contribution in [1.82, 2.24) is 0 Å². The number of hydrogen-bond acceptors (Lipinski definition) is 5. The summed E-state index contributed by atoms with van der Waals surface area (Å²) in [5.41, 5.74) is 1.04. The molecule has 146 valence electrons. The van der Waals surface area contributed by atoms with Gasteiger partial charge in [0.2, 0.25) is 15.9 Å². The fourth-order valence-electron chi connectivity index (χ4n) is 2.52. The van der Waals surface area contributed by atoms with Crippen LogP contribution in [0.1, 0.15) is 13.8 Å². The van der Waals surface area contributed by atoms with Gasteiger partial charge in [-0.2, -0.15) is 0 Å². The number of primary sulfonamides is 1. The normalized spacial score (nSPS) is 11.3. The Morgan fingerprint density at radius 1 is 1.19 bits per heavy atom. The van der Waals surface area contributed by atoms with Crippen LogP contribution >= 0.6 is 11.8 Å². The van der Waals surface area contributed by atoms with Crippen molar-refractivity contribution in [3.05, 3.63) is 48.3 Å². The number of halogens is 1. The minimum atomic E-state index is -3.90. The molecule has 0 fully saturated rings. The molecule has 0 saturated heterocycles. The summed E-state index contributed by atoms with van der Waals surface area (Å²) in [4.78, 5) is 14.6. The van der Waals surface area contributed by atoms with Crippen LogP contribution in [-0.2, 0) is 14.8 Å². The van der Waals surface area contributed by atoms with Crippen LogP contribution in [0.3, 0.4) is 0 Å². The van der Waals surface area contributed by atoms with Crippen molar-refractivity contribution in [3.8, 4) is 0 Å². The molecule has 6 nitrogen and oxygen atoms in total. The molecule has 0 atom stereocenters. The molecule has 2 rings (SSSR count). The SMILES string of the molecule is CCN(CC)c1ccc(S(N)(=O)=O)cc1NC(=O)CSc1ccccc1F. The van der Waals surface area contributed by atoms with Crippen LogP contribution in [0.2, 0.25) is 0 Å². The van der Waals surface area contributed by atoms with E-state index in [0.717, 1.165) is 11.8 Å². The van der Waals surface area contributed by atoms with Crippen molar-refractivity contribution in [2.75, 3.05) is 29.1 Å². The Morgan fingerprint density at radius 2 is 1.85 bits per heavy atom. The van der Waals surface area contributed by atoms with Crippen LogP contribution in [0.4, 0.5) is 15.8 Å². The standard InChI is InChI=1S/C18H22FN3O3S2/c1-3-22(4-2)16-10-9-13(27(20,24)25)11-15(16)21-18(23)12-26-17-8-6-5-7-14(17)19/h5-11H,3-4,12H2,1-2H3,(H,21,23)(H2,20,24,25). The van der Waals surface area contributed by atoms with Gasteiger partial charge in [-0.1, -0.05) is 12.1 Å². The summed E-state index contributed by atoms with van der Waals surface area (Å²) < 4.78 is 37.0. The number of nitrogens with one attached hydrogen (secondary N) is 1. The monoisotopic (exact) mass is 411 g/mol. The van der Waals surface area contributed by atoms with Crippen LogP contribution < -0.4 is 15.4 Å². The molecule has 0 radical (unpaired) electrons. The van der Waals surface area contributed by atoms with Gasteiger partial charge in [0, 0.05) is 18.0 Å². The lowest BCUT2D eigenvalue weighted by molar-refractivity contribution is -0.113. The number of nitrogens with two attached hydrogens (primary N) is 1. The van der Waals surface area contributed by atoms with Crippen LogP contribution in [0, 0.1) is 5.82 Å². The molecule has 3 N–H and O–H groups in total. The predicted octanol–water partition coefficient (Wildman–Crippen LogP) is 3.05. The lowest BCUT2D eigenvalue weighted by atomic mass is 10.2. The highest BCUT2D eigenvalue weighted by atomic mass is 32.2. The summed E-state index contributed by atoms with van der Waals surface area (Å²) in [5, 5.41) is 7.92. The van der Waals surface area contributed by atoms with Crippen molar-refractivity contribution in [2.24, 2.45) is 5.14 Å². The van der Waals surface area contributed by atoms with E-state index in [2.05, 4.69) is 5.32 Å². The van der Waals surface area contributed by atoms with E-state index in [0.29, 0.717) is 29.4 Å². The van der Waals surface area contributed by atoms with Crippen molar-refractivity contribution in [2.45, 2.75) is 23.6 Å². The topological polar surface area (TPSA) is 92.5 Å². The summed E-state index contributed by atoms with van der Waals surface area (Å²) in [6.07, 6.45) is 0. The Balaban J connectivity index is 2.23. The Bertz CT molecular complexity index is 916. The maximum absolute atomic E-state index is 13.7. The highest BCUT2D eigenvalue weighted by Crippen LogP contribution is 2.29. The van der Waals surface area contributed by atoms with E-state index in [1.807, 2.05) is 18.7 Å². The summed E-state index contributed by atoms with van der Waals surface area (Å²) >= 11 is 1.07. The first-order valence-electron chi connectivity index (χ1n) is 8.35. The fraction of sp³-hybridized carbons (Fsp3) is 0.278. The quantitative estimate of drug-likeness (QED) is 0.652. The molecule has 0 aliphatic rings. The number of nitrogens with zero attached hydrogens (tertiary/aromatic N) is 1. The van der Waals surface area contributed by atoms with Crippen LogP contribution in [0.25, 0.3) is 0 Å². The molecule has 1 amide bonds. The Hall–Kier alpha value is -2.10. The molecule has 0 bridgehead atoms. The number of benzene rings is 2. The van der Waals surface area contributed by atoms with Gasteiger partial charge in [0.25, 0.3) is 0 Å². The van der Waals surface area contributed by atoms with Crippen molar-refractivity contribution >= 4 is 39.1 Å². The van der Waals surface area contributed by atoms with E-state index in [9.17, 15) is 17.6 Å². The molecular weight excluding hydrogens is 389 g/mol. The Labute approximate surface area is 163 Å². The molecule has 0 heterocycles. The molecular formula is C18H22FN3O3S2. The minimum absolute atomic E-state index is 0.0156. The first-order chi connectivity index (χ1) is 12.8. The smallest absolute Gasteiger partial charge is 0.238 e. The van der Waals surface area contributed by atoms with E-state index >= 15 is 0 Å². The molecule has 0 spiro atoms. The summed E-state index contributed by atoms with van der Waals surface area (Å²) in [5.74, 6) is -0.781. The van der Waals surface area contributed by atoms with Crippen LogP contribution in [0.5, 0.6) is 0 Å². The van der Waals surface area contributed by atoms with Gasteiger partial charge >= 0.3 is 0 Å². The van der Waals surface area contributed by atoms with E-state index < -0.39 is 15.8 Å². The van der Waals surface area contributed by atoms with Crippen molar-refractivity contribution in [3.63, 3.8) is 0 Å². The Morgan fingerprint density at radius 3 is 2.44 bits per heavy atom. The largest absolute Gasteiger partial charge is 0.370 e. The average Bonchev–Trinajstić information content (AvgIpc) is 2.62. The van der Waals surface area contributed by atoms with Crippen LogP contribution in [-0.4, -0.2) is 33.2 Å². The van der Waals surface area contributed by atoms with Crippen molar-refractivity contribution in [1.29, 1.82) is 0 Å². The summed E-state index contributed by atoms with van der Waals surface area (Å²) in [6.45, 7) is 5.27. The second kappa shape index (κ2) is 9.20. The van der Waals surface area contributed by atoms with Gasteiger partial charge in [0.15, 0.2) is 0 Å². The van der Waals surface area contributed by atoms with E-state index in [-0.39, 0.29) is 16.6 Å². The minimum Gasteiger partial charge on any atom is -0.370 e. The predicted molar refractivity (Wildman–Crippen MR) is 107 cm³/mol. The number of sulfonamides is 1. The number of amides is 1. The molecule has 0 saturated carbocycles. The number of anilines is 2. The number of carbonyl (C=O) groups excluding carboxylic acids is 1. The van der Waals surface area contributed by atoms with Crippen molar-refractivity contribution < 1.29 is 17.6 Å². The first-order valence-corrected chi connectivity index (χ1v) is 10.9. The van der Waals surface area contributed by atoms with Gasteiger partial charge in [-0.25, -0.2) is 17.9 Å². The lowest BCUT2D eigenvalue weighted by Gasteiger charge is -2.24. The molecule has 27 heavy (non-hydrogen) atoms. The summed E-state index contributed by atoms with van der Waals surface area (Å²) in [6, 6.07) is 10.6. The second-order valence-corrected chi connectivity index (χ2v) is 8.24. The van der Waals surface area contributed by atoms with E-state index in [1.165, 1.54) is 18.2 Å². The van der Waals surface area contributed by atoms with E-state index in [1.54, 1.807) is 24.3 Å². The van der Waals surface area contributed by atoms with Gasteiger partial charge in [-0.3, -0.25) is 4.79 Å².